The molecule has 0 saturated heterocycles. The van der Waals surface area contributed by atoms with Gasteiger partial charge in [0, 0.05) is 0 Å². The van der Waals surface area contributed by atoms with Crippen molar-refractivity contribution in [3.63, 3.8) is 0 Å². The summed E-state index contributed by atoms with van der Waals surface area (Å²) in [5, 5.41) is 8.71. The maximum atomic E-state index is 8.71. The minimum atomic E-state index is 0.389. The molecule has 1 heterocycles. The van der Waals surface area contributed by atoms with E-state index in [1.807, 2.05) is 13.0 Å². The second kappa shape index (κ2) is 5.53. The zero-order valence-corrected chi connectivity index (χ0v) is 11.3. The highest BCUT2D eigenvalue weighted by molar-refractivity contribution is 5.41. The van der Waals surface area contributed by atoms with Crippen molar-refractivity contribution < 1.29 is 4.74 Å². The van der Waals surface area contributed by atoms with Crippen molar-refractivity contribution in [1.29, 1.82) is 5.26 Å². The molecule has 0 N–H and O–H groups in total. The lowest BCUT2D eigenvalue weighted by Gasteiger charge is -2.12. The fraction of sp³-hybridized carbons (Fsp3) is 0.250. The van der Waals surface area contributed by atoms with Crippen LogP contribution in [0.4, 0.5) is 0 Å². The van der Waals surface area contributed by atoms with Crippen molar-refractivity contribution in [3.05, 3.63) is 53.3 Å². The Hall–Kier alpha value is -2.34. The lowest BCUT2D eigenvalue weighted by Crippen LogP contribution is -1.93. The molecule has 1 aromatic heterocycles. The van der Waals surface area contributed by atoms with Crippen LogP contribution in [-0.4, -0.2) is 4.98 Å². The molecule has 96 valence electrons. The molecule has 0 bridgehead atoms. The molecule has 2 aromatic rings. The molecule has 19 heavy (non-hydrogen) atoms. The molecule has 3 heteroatoms. The Bertz CT molecular complexity index is 610. The van der Waals surface area contributed by atoms with Crippen molar-refractivity contribution in [2.45, 2.75) is 26.7 Å². The number of hydrogen-bond donors (Lipinski definition) is 0. The van der Waals surface area contributed by atoms with Crippen LogP contribution in [0.5, 0.6) is 11.5 Å². The molecule has 0 aliphatic heterocycles. The summed E-state index contributed by atoms with van der Waals surface area (Å²) < 4.78 is 5.83. The highest BCUT2D eigenvalue weighted by Gasteiger charge is 2.06. The van der Waals surface area contributed by atoms with Gasteiger partial charge in [0.15, 0.2) is 0 Å². The fourth-order valence-electron chi connectivity index (χ4n) is 1.72. The van der Waals surface area contributed by atoms with E-state index < -0.39 is 0 Å². The van der Waals surface area contributed by atoms with E-state index in [4.69, 9.17) is 10.00 Å². The van der Waals surface area contributed by atoms with Gasteiger partial charge < -0.3 is 4.74 Å². The summed E-state index contributed by atoms with van der Waals surface area (Å²) in [4.78, 5) is 3.99. The number of hydrogen-bond acceptors (Lipinski definition) is 3. The normalized spacial score (nSPS) is 10.3. The minimum Gasteiger partial charge on any atom is -0.455 e. The zero-order valence-electron chi connectivity index (χ0n) is 11.3. The van der Waals surface area contributed by atoms with E-state index in [0.717, 1.165) is 11.3 Å². The Morgan fingerprint density at radius 3 is 2.58 bits per heavy atom. The van der Waals surface area contributed by atoms with Crippen LogP contribution in [0.25, 0.3) is 0 Å². The molecule has 0 saturated carbocycles. The predicted molar refractivity (Wildman–Crippen MR) is 74.3 cm³/mol. The largest absolute Gasteiger partial charge is 0.455 e. The van der Waals surface area contributed by atoms with E-state index in [2.05, 4.69) is 37.0 Å². The molecular formula is C16H16N2O. The number of aromatic nitrogens is 1. The van der Waals surface area contributed by atoms with Crippen LogP contribution in [0.2, 0.25) is 0 Å². The molecule has 0 amide bonds. The molecule has 0 atom stereocenters. The van der Waals surface area contributed by atoms with Crippen molar-refractivity contribution in [3.8, 4) is 17.6 Å². The molecule has 0 radical (unpaired) electrons. The topological polar surface area (TPSA) is 45.9 Å². The van der Waals surface area contributed by atoms with Gasteiger partial charge in [-0.25, -0.2) is 4.98 Å². The summed E-state index contributed by atoms with van der Waals surface area (Å²) >= 11 is 0. The third-order valence-electron chi connectivity index (χ3n) is 2.96. The number of nitrogens with zero attached hydrogens (tertiary/aromatic N) is 2. The van der Waals surface area contributed by atoms with Crippen LogP contribution in [0, 0.1) is 18.3 Å². The van der Waals surface area contributed by atoms with Crippen LogP contribution in [0.3, 0.4) is 0 Å². The quantitative estimate of drug-likeness (QED) is 0.823. The second-order valence-corrected chi connectivity index (χ2v) is 4.77. The molecule has 0 fully saturated rings. The number of benzene rings is 1. The van der Waals surface area contributed by atoms with Crippen molar-refractivity contribution in [2.24, 2.45) is 0 Å². The van der Waals surface area contributed by atoms with Crippen molar-refractivity contribution in [2.75, 3.05) is 0 Å². The van der Waals surface area contributed by atoms with E-state index >= 15 is 0 Å². The SMILES string of the molecule is Cc1ccc(C(C)C)cc1Oc1ccc(C#N)nc1. The summed E-state index contributed by atoms with van der Waals surface area (Å²) in [5.41, 5.74) is 2.70. The van der Waals surface area contributed by atoms with Gasteiger partial charge in [-0.15, -0.1) is 0 Å². The van der Waals surface area contributed by atoms with Gasteiger partial charge in [-0.3, -0.25) is 0 Å². The first kappa shape index (κ1) is 13.1. The Labute approximate surface area is 113 Å². The Kier molecular flexibility index (Phi) is 3.82. The highest BCUT2D eigenvalue weighted by Crippen LogP contribution is 2.28. The van der Waals surface area contributed by atoms with Crippen LogP contribution >= 0.6 is 0 Å². The predicted octanol–water partition coefficient (Wildman–Crippen LogP) is 4.18. The van der Waals surface area contributed by atoms with Gasteiger partial charge in [0.1, 0.15) is 23.3 Å². The van der Waals surface area contributed by atoms with Gasteiger partial charge in [0.2, 0.25) is 0 Å². The Balaban J connectivity index is 2.27. The highest BCUT2D eigenvalue weighted by atomic mass is 16.5. The first-order valence-electron chi connectivity index (χ1n) is 6.24. The smallest absolute Gasteiger partial charge is 0.145 e. The van der Waals surface area contributed by atoms with E-state index in [9.17, 15) is 0 Å². The van der Waals surface area contributed by atoms with Gasteiger partial charge in [-0.05, 0) is 42.2 Å². The van der Waals surface area contributed by atoms with Crippen LogP contribution in [-0.2, 0) is 0 Å². The molecule has 0 spiro atoms. The maximum Gasteiger partial charge on any atom is 0.145 e. The van der Waals surface area contributed by atoms with Gasteiger partial charge in [0.05, 0.1) is 6.20 Å². The second-order valence-electron chi connectivity index (χ2n) is 4.77. The number of aryl methyl sites for hydroxylation is 1. The molecule has 2 rings (SSSR count). The molecule has 3 nitrogen and oxygen atoms in total. The van der Waals surface area contributed by atoms with Crippen molar-refractivity contribution >= 4 is 0 Å². The van der Waals surface area contributed by atoms with E-state index in [-0.39, 0.29) is 0 Å². The third kappa shape index (κ3) is 3.11. The Morgan fingerprint density at radius 1 is 1.21 bits per heavy atom. The third-order valence-corrected chi connectivity index (χ3v) is 2.96. The van der Waals surface area contributed by atoms with Gasteiger partial charge >= 0.3 is 0 Å². The molecule has 1 aromatic carbocycles. The first-order chi connectivity index (χ1) is 9.10. The summed E-state index contributed by atoms with van der Waals surface area (Å²) in [6.45, 7) is 6.31. The monoisotopic (exact) mass is 252 g/mol. The average molecular weight is 252 g/mol. The average Bonchev–Trinajstić information content (AvgIpc) is 2.42. The van der Waals surface area contributed by atoms with Crippen molar-refractivity contribution in [1.82, 2.24) is 4.98 Å². The van der Waals surface area contributed by atoms with Gasteiger partial charge in [-0.2, -0.15) is 5.26 Å². The van der Waals surface area contributed by atoms with E-state index in [1.54, 1.807) is 18.3 Å². The molecule has 0 aliphatic rings. The minimum absolute atomic E-state index is 0.389. The molecular weight excluding hydrogens is 236 g/mol. The summed E-state index contributed by atoms with van der Waals surface area (Å²) in [6, 6.07) is 11.6. The lowest BCUT2D eigenvalue weighted by atomic mass is 10.0. The zero-order chi connectivity index (χ0) is 13.8. The standard InChI is InChI=1S/C16H16N2O/c1-11(2)13-5-4-12(3)16(8-13)19-15-7-6-14(9-17)18-10-15/h4-8,10-11H,1-3H3. The first-order valence-corrected chi connectivity index (χ1v) is 6.24. The van der Waals surface area contributed by atoms with Crippen LogP contribution < -0.4 is 4.74 Å². The number of ether oxygens (including phenoxy) is 1. The van der Waals surface area contributed by atoms with Gasteiger partial charge in [0.25, 0.3) is 0 Å². The number of nitriles is 1. The van der Waals surface area contributed by atoms with E-state index in [1.165, 1.54) is 5.56 Å². The molecule has 0 unspecified atom stereocenters. The number of pyridine rings is 1. The lowest BCUT2D eigenvalue weighted by molar-refractivity contribution is 0.475. The fourth-order valence-corrected chi connectivity index (χ4v) is 1.72. The Morgan fingerprint density at radius 2 is 2.00 bits per heavy atom. The van der Waals surface area contributed by atoms with E-state index in [0.29, 0.717) is 17.4 Å². The van der Waals surface area contributed by atoms with Crippen LogP contribution in [0.1, 0.15) is 36.6 Å². The van der Waals surface area contributed by atoms with Gasteiger partial charge in [-0.1, -0.05) is 26.0 Å². The number of rotatable bonds is 3. The summed E-state index contributed by atoms with van der Waals surface area (Å²) in [7, 11) is 0. The summed E-state index contributed by atoms with van der Waals surface area (Å²) in [6.07, 6.45) is 1.57. The van der Waals surface area contributed by atoms with Crippen LogP contribution in [0.15, 0.2) is 36.5 Å². The molecule has 0 aliphatic carbocycles. The summed E-state index contributed by atoms with van der Waals surface area (Å²) in [5.74, 6) is 1.93. The maximum absolute atomic E-state index is 8.71.